The van der Waals surface area contributed by atoms with Gasteiger partial charge in [-0.25, -0.2) is 4.98 Å². The van der Waals surface area contributed by atoms with Crippen LogP contribution >= 0.6 is 23.4 Å². The fourth-order valence-corrected chi connectivity index (χ4v) is 3.77. The number of para-hydroxylation sites is 2. The molecule has 3 rings (SSSR count). The van der Waals surface area contributed by atoms with Crippen LogP contribution in [0.4, 0.5) is 11.4 Å². The number of benzene rings is 2. The molecule has 0 fully saturated rings. The monoisotopic (exact) mass is 416 g/mol. The third-order valence-corrected chi connectivity index (χ3v) is 5.41. The number of nitro groups is 1. The number of rotatable bonds is 7. The van der Waals surface area contributed by atoms with Gasteiger partial charge in [0.1, 0.15) is 0 Å². The van der Waals surface area contributed by atoms with Gasteiger partial charge < -0.3 is 9.88 Å². The molecule has 1 heterocycles. The normalized spacial score (nSPS) is 11.9. The Morgan fingerprint density at radius 1 is 1.43 bits per heavy atom. The van der Waals surface area contributed by atoms with Gasteiger partial charge >= 0.3 is 0 Å². The largest absolute Gasteiger partial charge is 0.324 e. The molecule has 3 aromatic rings. The molecule has 28 heavy (non-hydrogen) atoms. The molecule has 144 valence electrons. The number of aromatic nitrogens is 2. The summed E-state index contributed by atoms with van der Waals surface area (Å²) in [5.74, 6) is -0.280. The van der Waals surface area contributed by atoms with E-state index in [0.717, 1.165) is 11.0 Å². The zero-order valence-electron chi connectivity index (χ0n) is 15.0. The van der Waals surface area contributed by atoms with Crippen LogP contribution in [0.15, 0.2) is 60.3 Å². The first-order chi connectivity index (χ1) is 13.4. The van der Waals surface area contributed by atoms with E-state index in [9.17, 15) is 14.9 Å². The number of non-ortho nitro benzene ring substituents is 1. The van der Waals surface area contributed by atoms with E-state index < -0.39 is 10.2 Å². The third-order valence-electron chi connectivity index (χ3n) is 4.00. The topological polar surface area (TPSA) is 90.1 Å². The summed E-state index contributed by atoms with van der Waals surface area (Å²) in [6.45, 7) is 6.12. The summed E-state index contributed by atoms with van der Waals surface area (Å²) in [5, 5.41) is 13.9. The lowest BCUT2D eigenvalue weighted by Crippen LogP contribution is -2.23. The average Bonchev–Trinajstić information content (AvgIpc) is 3.00. The van der Waals surface area contributed by atoms with Crippen molar-refractivity contribution in [2.24, 2.45) is 0 Å². The second kappa shape index (κ2) is 8.45. The maximum absolute atomic E-state index is 12.6. The summed E-state index contributed by atoms with van der Waals surface area (Å²) in [7, 11) is 0. The number of thioether (sulfide) groups is 1. The Morgan fingerprint density at radius 2 is 2.18 bits per heavy atom. The predicted octanol–water partition coefficient (Wildman–Crippen LogP) is 4.90. The first-order valence-electron chi connectivity index (χ1n) is 8.38. The van der Waals surface area contributed by atoms with E-state index in [2.05, 4.69) is 16.9 Å². The number of imidazole rings is 1. The van der Waals surface area contributed by atoms with Crippen molar-refractivity contribution in [1.29, 1.82) is 0 Å². The lowest BCUT2D eigenvalue weighted by molar-refractivity contribution is -0.384. The quantitative estimate of drug-likeness (QED) is 0.256. The van der Waals surface area contributed by atoms with E-state index in [4.69, 9.17) is 11.6 Å². The van der Waals surface area contributed by atoms with E-state index >= 15 is 0 Å². The maximum Gasteiger partial charge on any atom is 0.271 e. The first-order valence-corrected chi connectivity index (χ1v) is 9.64. The third kappa shape index (κ3) is 4.18. The Labute approximate surface area is 170 Å². The van der Waals surface area contributed by atoms with Crippen molar-refractivity contribution in [3.05, 3.63) is 70.3 Å². The maximum atomic E-state index is 12.6. The minimum Gasteiger partial charge on any atom is -0.324 e. The van der Waals surface area contributed by atoms with E-state index in [1.54, 1.807) is 13.0 Å². The molecule has 1 N–H and O–H groups in total. The smallest absolute Gasteiger partial charge is 0.271 e. The number of halogens is 1. The van der Waals surface area contributed by atoms with Gasteiger partial charge in [-0.15, -0.1) is 6.58 Å². The van der Waals surface area contributed by atoms with Crippen molar-refractivity contribution in [3.8, 4) is 0 Å². The minimum atomic E-state index is -0.542. The summed E-state index contributed by atoms with van der Waals surface area (Å²) in [5.41, 5.74) is 2.00. The minimum absolute atomic E-state index is 0.110. The van der Waals surface area contributed by atoms with Crippen LogP contribution in [0.1, 0.15) is 6.92 Å². The number of hydrogen-bond donors (Lipinski definition) is 1. The zero-order valence-corrected chi connectivity index (χ0v) is 16.5. The van der Waals surface area contributed by atoms with Gasteiger partial charge in [0.2, 0.25) is 5.91 Å². The molecule has 1 aromatic heterocycles. The van der Waals surface area contributed by atoms with Gasteiger partial charge in [-0.1, -0.05) is 41.6 Å². The molecule has 0 aliphatic carbocycles. The molecule has 7 nitrogen and oxygen atoms in total. The van der Waals surface area contributed by atoms with Crippen LogP contribution in [0, 0.1) is 10.1 Å². The van der Waals surface area contributed by atoms with Crippen molar-refractivity contribution in [3.63, 3.8) is 0 Å². The van der Waals surface area contributed by atoms with Gasteiger partial charge in [0.15, 0.2) is 5.16 Å². The van der Waals surface area contributed by atoms with Gasteiger partial charge in [-0.05, 0) is 25.1 Å². The number of nitro benzene ring substituents is 1. The molecule has 1 unspecified atom stereocenters. The summed E-state index contributed by atoms with van der Waals surface area (Å²) >= 11 is 7.37. The molecular formula is C19H17ClN4O3S. The van der Waals surface area contributed by atoms with Crippen molar-refractivity contribution in [2.45, 2.75) is 23.9 Å². The van der Waals surface area contributed by atoms with Crippen LogP contribution in [-0.4, -0.2) is 25.6 Å². The standard InChI is InChI=1S/C19H17ClN4O3S/c1-3-10-23-17-7-5-4-6-16(17)22-19(23)28-12(2)18(25)21-15-9-8-13(24(26)27)11-14(15)20/h3-9,11-12H,1,10H2,2H3,(H,21,25). The van der Waals surface area contributed by atoms with Crippen LogP contribution in [0.25, 0.3) is 11.0 Å². The van der Waals surface area contributed by atoms with E-state index in [1.165, 1.54) is 30.0 Å². The lowest BCUT2D eigenvalue weighted by Gasteiger charge is -2.13. The summed E-state index contributed by atoms with van der Waals surface area (Å²) in [6.07, 6.45) is 1.78. The second-order valence-electron chi connectivity index (χ2n) is 5.95. The van der Waals surface area contributed by atoms with Crippen molar-refractivity contribution in [1.82, 2.24) is 9.55 Å². The van der Waals surface area contributed by atoms with Gasteiger partial charge in [-0.3, -0.25) is 14.9 Å². The van der Waals surface area contributed by atoms with E-state index in [0.29, 0.717) is 17.4 Å². The van der Waals surface area contributed by atoms with Crippen LogP contribution in [-0.2, 0) is 11.3 Å². The first kappa shape index (κ1) is 19.9. The summed E-state index contributed by atoms with van der Waals surface area (Å²) in [6, 6.07) is 11.7. The number of allylic oxidation sites excluding steroid dienone is 1. The van der Waals surface area contributed by atoms with Crippen LogP contribution in [0.2, 0.25) is 5.02 Å². The molecule has 0 aliphatic heterocycles. The van der Waals surface area contributed by atoms with Crippen molar-refractivity contribution < 1.29 is 9.72 Å². The molecule has 0 saturated carbocycles. The number of nitrogens with zero attached hydrogens (tertiary/aromatic N) is 3. The number of nitrogens with one attached hydrogen (secondary N) is 1. The number of carbonyl (C=O) groups excluding carboxylic acids is 1. The highest BCUT2D eigenvalue weighted by Gasteiger charge is 2.20. The van der Waals surface area contributed by atoms with Gasteiger partial charge in [0.25, 0.3) is 5.69 Å². The Morgan fingerprint density at radius 3 is 2.86 bits per heavy atom. The number of fused-ring (bicyclic) bond motifs is 1. The molecule has 1 atom stereocenters. The Kier molecular flexibility index (Phi) is 6.01. The molecular weight excluding hydrogens is 400 g/mol. The molecule has 0 bridgehead atoms. The predicted molar refractivity (Wildman–Crippen MR) is 112 cm³/mol. The molecule has 9 heteroatoms. The Bertz CT molecular complexity index is 1070. The van der Waals surface area contributed by atoms with Crippen LogP contribution in [0.5, 0.6) is 0 Å². The number of hydrogen-bond acceptors (Lipinski definition) is 5. The summed E-state index contributed by atoms with van der Waals surface area (Å²) in [4.78, 5) is 27.5. The summed E-state index contributed by atoms with van der Waals surface area (Å²) < 4.78 is 2.00. The highest BCUT2D eigenvalue weighted by molar-refractivity contribution is 8.00. The highest BCUT2D eigenvalue weighted by atomic mass is 35.5. The SMILES string of the molecule is C=CCn1c(SC(C)C(=O)Nc2ccc([N+](=O)[O-])cc2Cl)nc2ccccc21. The van der Waals surface area contributed by atoms with Gasteiger partial charge in [0.05, 0.1) is 31.9 Å². The Hall–Kier alpha value is -2.84. The molecule has 0 spiro atoms. The van der Waals surface area contributed by atoms with Crippen LogP contribution < -0.4 is 5.32 Å². The number of amides is 1. The average molecular weight is 417 g/mol. The van der Waals surface area contributed by atoms with Gasteiger partial charge in [0, 0.05) is 18.7 Å². The van der Waals surface area contributed by atoms with E-state index in [1.807, 2.05) is 28.8 Å². The van der Waals surface area contributed by atoms with Crippen molar-refractivity contribution in [2.75, 3.05) is 5.32 Å². The van der Waals surface area contributed by atoms with E-state index in [-0.39, 0.29) is 16.6 Å². The highest BCUT2D eigenvalue weighted by Crippen LogP contribution is 2.30. The second-order valence-corrected chi connectivity index (χ2v) is 7.67. The fraction of sp³-hybridized carbons (Fsp3) is 0.158. The number of carbonyl (C=O) groups is 1. The molecule has 1 amide bonds. The number of anilines is 1. The Balaban J connectivity index is 1.78. The zero-order chi connectivity index (χ0) is 20.3. The lowest BCUT2D eigenvalue weighted by atomic mass is 10.2. The van der Waals surface area contributed by atoms with Crippen molar-refractivity contribution >= 4 is 51.7 Å². The molecule has 0 radical (unpaired) electrons. The molecule has 2 aromatic carbocycles. The van der Waals surface area contributed by atoms with Crippen LogP contribution in [0.3, 0.4) is 0 Å². The molecule has 0 saturated heterocycles. The molecule has 0 aliphatic rings. The fourth-order valence-electron chi connectivity index (χ4n) is 2.61. The van der Waals surface area contributed by atoms with Gasteiger partial charge in [-0.2, -0.15) is 0 Å².